The average molecular weight is 243 g/mol. The van der Waals surface area contributed by atoms with Gasteiger partial charge in [0.15, 0.2) is 0 Å². The van der Waals surface area contributed by atoms with Gasteiger partial charge in [-0.1, -0.05) is 0 Å². The number of carbonyl (C=O) groups excluding carboxylic acids is 2. The molecule has 0 unspecified atom stereocenters. The Kier molecular flexibility index (Phi) is 5.14. The Hall–Kier alpha value is -1.04. The molecule has 0 aliphatic heterocycles. The molecule has 0 saturated carbocycles. The fourth-order valence-electron chi connectivity index (χ4n) is 0.271. The van der Waals surface area contributed by atoms with Crippen molar-refractivity contribution in [3.05, 3.63) is 24.3 Å². The van der Waals surface area contributed by atoms with Crippen molar-refractivity contribution in [3.8, 4) is 0 Å². The molecule has 4 nitrogen and oxygen atoms in total. The van der Waals surface area contributed by atoms with Gasteiger partial charge in [-0.05, 0) is 0 Å². The summed E-state index contributed by atoms with van der Waals surface area (Å²) >= 11 is -1.47. The second-order valence-electron chi connectivity index (χ2n) is 2.42. The molecule has 0 heterocycles. The summed E-state index contributed by atoms with van der Waals surface area (Å²) < 4.78 is 9.25. The second kappa shape index (κ2) is 5.58. The van der Waals surface area contributed by atoms with Crippen LogP contribution in [0, 0.1) is 0 Å². The van der Waals surface area contributed by atoms with Crippen molar-refractivity contribution in [1.82, 2.24) is 0 Å². The standard InChI is InChI=1S/C8H10GeO4/c1-5(2)7(10)12-9-13-8(11)6(3)4/h1,3H2,2,4H3. The third kappa shape index (κ3) is 5.24. The molecule has 0 fully saturated rings. The third-order valence-corrected chi connectivity index (χ3v) is 2.09. The summed E-state index contributed by atoms with van der Waals surface area (Å²) in [4.78, 5) is 21.6. The van der Waals surface area contributed by atoms with Gasteiger partial charge in [0.1, 0.15) is 0 Å². The number of hydrogen-bond acceptors (Lipinski definition) is 4. The molecule has 0 aromatic rings. The summed E-state index contributed by atoms with van der Waals surface area (Å²) in [6.45, 7) is 9.80. The summed E-state index contributed by atoms with van der Waals surface area (Å²) in [6.07, 6.45) is 0. The van der Waals surface area contributed by atoms with Crippen molar-refractivity contribution >= 4 is 28.0 Å². The SMILES string of the molecule is C=C(C)C(=O)[O][Ge][O]C(=O)C(=C)C. The van der Waals surface area contributed by atoms with Gasteiger partial charge < -0.3 is 0 Å². The van der Waals surface area contributed by atoms with E-state index >= 15 is 0 Å². The summed E-state index contributed by atoms with van der Waals surface area (Å²) in [5.41, 5.74) is 0.574. The van der Waals surface area contributed by atoms with Gasteiger partial charge in [-0.2, -0.15) is 0 Å². The van der Waals surface area contributed by atoms with Crippen molar-refractivity contribution < 1.29 is 17.1 Å². The van der Waals surface area contributed by atoms with Gasteiger partial charge in [-0.3, -0.25) is 0 Å². The summed E-state index contributed by atoms with van der Waals surface area (Å²) in [5.74, 6) is -1.07. The van der Waals surface area contributed by atoms with Crippen LogP contribution in [0.5, 0.6) is 0 Å². The van der Waals surface area contributed by atoms with Crippen LogP contribution < -0.4 is 0 Å². The van der Waals surface area contributed by atoms with Crippen molar-refractivity contribution in [2.45, 2.75) is 13.8 Å². The van der Waals surface area contributed by atoms with Gasteiger partial charge in [-0.25, -0.2) is 0 Å². The topological polar surface area (TPSA) is 52.6 Å². The first-order valence-corrected chi connectivity index (χ1v) is 5.14. The van der Waals surface area contributed by atoms with Gasteiger partial charge in [0, 0.05) is 0 Å². The molecule has 0 N–H and O–H groups in total. The predicted octanol–water partition coefficient (Wildman–Crippen LogP) is 0.759. The zero-order valence-electron chi connectivity index (χ0n) is 7.55. The molecule has 0 aromatic heterocycles. The minimum absolute atomic E-state index is 0.287. The van der Waals surface area contributed by atoms with Crippen molar-refractivity contribution in [1.29, 1.82) is 0 Å². The van der Waals surface area contributed by atoms with E-state index in [0.717, 1.165) is 0 Å². The molecule has 70 valence electrons. The first kappa shape index (κ1) is 12.0. The molecule has 0 amide bonds. The van der Waals surface area contributed by atoms with Gasteiger partial charge in [0.2, 0.25) is 0 Å². The Morgan fingerprint density at radius 1 is 1.00 bits per heavy atom. The van der Waals surface area contributed by atoms with E-state index in [2.05, 4.69) is 20.7 Å². The number of hydrogen-bond donors (Lipinski definition) is 0. The molecule has 0 rings (SSSR count). The van der Waals surface area contributed by atoms with Crippen LogP contribution in [0.15, 0.2) is 24.3 Å². The molecule has 0 saturated heterocycles. The van der Waals surface area contributed by atoms with E-state index in [-0.39, 0.29) is 11.1 Å². The average Bonchev–Trinajstić information content (AvgIpc) is 2.03. The Bertz CT molecular complexity index is 231. The van der Waals surface area contributed by atoms with E-state index in [0.29, 0.717) is 0 Å². The van der Waals surface area contributed by atoms with Crippen LogP contribution >= 0.6 is 0 Å². The van der Waals surface area contributed by atoms with Gasteiger partial charge in [-0.15, -0.1) is 0 Å². The fraction of sp³-hybridized carbons (Fsp3) is 0.250. The maximum absolute atomic E-state index is 10.8. The van der Waals surface area contributed by atoms with Crippen LogP contribution in [0.4, 0.5) is 0 Å². The van der Waals surface area contributed by atoms with E-state index in [1.165, 1.54) is 13.8 Å². The molecule has 0 spiro atoms. The van der Waals surface area contributed by atoms with E-state index in [1.807, 2.05) is 0 Å². The monoisotopic (exact) mass is 244 g/mol. The fourth-order valence-corrected chi connectivity index (χ4v) is 1.41. The minimum atomic E-state index is -1.47. The van der Waals surface area contributed by atoms with Crippen molar-refractivity contribution in [2.75, 3.05) is 0 Å². The number of carbonyl (C=O) groups is 2. The van der Waals surface area contributed by atoms with Crippen molar-refractivity contribution in [3.63, 3.8) is 0 Å². The van der Waals surface area contributed by atoms with Gasteiger partial charge >= 0.3 is 83.3 Å². The van der Waals surface area contributed by atoms with Crippen LogP contribution in [0.3, 0.4) is 0 Å². The first-order valence-electron chi connectivity index (χ1n) is 3.43. The van der Waals surface area contributed by atoms with E-state index in [9.17, 15) is 9.59 Å². The molecule has 13 heavy (non-hydrogen) atoms. The first-order chi connectivity index (χ1) is 5.95. The zero-order chi connectivity index (χ0) is 10.4. The van der Waals surface area contributed by atoms with Crippen LogP contribution in [-0.4, -0.2) is 28.0 Å². The Balaban J connectivity index is 3.69. The van der Waals surface area contributed by atoms with Crippen LogP contribution in [-0.2, 0) is 17.1 Å². The molecule has 5 heteroatoms. The van der Waals surface area contributed by atoms with Crippen LogP contribution in [0.2, 0.25) is 0 Å². The summed E-state index contributed by atoms with van der Waals surface area (Å²) in [6, 6.07) is 0. The molecule has 2 radical (unpaired) electrons. The Morgan fingerprint density at radius 3 is 1.54 bits per heavy atom. The Labute approximate surface area is 83.8 Å². The predicted molar refractivity (Wildman–Crippen MR) is 47.6 cm³/mol. The Morgan fingerprint density at radius 2 is 1.31 bits per heavy atom. The van der Waals surface area contributed by atoms with E-state index in [4.69, 9.17) is 0 Å². The second-order valence-corrected chi connectivity index (χ2v) is 3.63. The molecule has 0 bridgehead atoms. The van der Waals surface area contributed by atoms with Crippen LogP contribution in [0.1, 0.15) is 13.8 Å². The molecule has 0 aromatic carbocycles. The van der Waals surface area contributed by atoms with Crippen molar-refractivity contribution in [2.24, 2.45) is 0 Å². The molecular formula is C8H10GeO4. The zero-order valence-corrected chi connectivity index (χ0v) is 9.65. The van der Waals surface area contributed by atoms with E-state index in [1.54, 1.807) is 0 Å². The molecule has 0 atom stereocenters. The third-order valence-electron chi connectivity index (χ3n) is 0.966. The maximum atomic E-state index is 10.8. The molecular weight excluding hydrogens is 233 g/mol. The number of rotatable bonds is 4. The summed E-state index contributed by atoms with van der Waals surface area (Å²) in [5, 5.41) is 0. The van der Waals surface area contributed by atoms with Gasteiger partial charge in [0.25, 0.3) is 0 Å². The van der Waals surface area contributed by atoms with E-state index < -0.39 is 28.0 Å². The normalized spacial score (nSPS) is 8.77. The van der Waals surface area contributed by atoms with Crippen LogP contribution in [0.25, 0.3) is 0 Å². The molecule has 0 aliphatic rings. The quantitative estimate of drug-likeness (QED) is 0.540. The molecule has 0 aliphatic carbocycles. The summed E-state index contributed by atoms with van der Waals surface area (Å²) in [7, 11) is 0. The van der Waals surface area contributed by atoms with Gasteiger partial charge in [0.05, 0.1) is 0 Å².